The molecule has 1 atom stereocenters. The number of carbonyl (C=O) groups is 1. The molecular formula is C16H28N6O. The van der Waals surface area contributed by atoms with Crippen LogP contribution in [0.3, 0.4) is 0 Å². The van der Waals surface area contributed by atoms with E-state index in [2.05, 4.69) is 32.1 Å². The fourth-order valence-electron chi connectivity index (χ4n) is 3.70. The van der Waals surface area contributed by atoms with Crippen molar-refractivity contribution in [3.05, 3.63) is 12.7 Å². The van der Waals surface area contributed by atoms with Crippen LogP contribution in [-0.2, 0) is 11.3 Å². The maximum absolute atomic E-state index is 12.4. The van der Waals surface area contributed by atoms with Crippen molar-refractivity contribution < 1.29 is 4.79 Å². The van der Waals surface area contributed by atoms with Crippen molar-refractivity contribution in [2.45, 2.75) is 51.2 Å². The van der Waals surface area contributed by atoms with Gasteiger partial charge in [-0.05, 0) is 38.8 Å². The van der Waals surface area contributed by atoms with E-state index < -0.39 is 0 Å². The molecule has 23 heavy (non-hydrogen) atoms. The average Bonchev–Trinajstić information content (AvgIpc) is 3.21. The molecule has 128 valence electrons. The molecule has 2 aliphatic heterocycles. The van der Waals surface area contributed by atoms with Gasteiger partial charge in [-0.15, -0.1) is 0 Å². The van der Waals surface area contributed by atoms with E-state index >= 15 is 0 Å². The molecule has 2 saturated heterocycles. The van der Waals surface area contributed by atoms with Crippen molar-refractivity contribution >= 4 is 5.91 Å². The number of rotatable bonds is 6. The second kappa shape index (κ2) is 7.88. The van der Waals surface area contributed by atoms with Gasteiger partial charge in [-0.25, -0.2) is 4.98 Å². The number of piperidine rings is 1. The van der Waals surface area contributed by atoms with E-state index in [0.29, 0.717) is 18.6 Å². The smallest absolute Gasteiger partial charge is 0.234 e. The molecule has 0 bridgehead atoms. The highest BCUT2D eigenvalue weighted by Gasteiger charge is 2.28. The van der Waals surface area contributed by atoms with Crippen LogP contribution in [0.25, 0.3) is 0 Å². The Morgan fingerprint density at radius 1 is 1.26 bits per heavy atom. The first kappa shape index (κ1) is 16.4. The zero-order valence-electron chi connectivity index (χ0n) is 14.0. The second-order valence-electron chi connectivity index (χ2n) is 6.66. The Morgan fingerprint density at radius 2 is 2.09 bits per heavy atom. The topological polar surface area (TPSA) is 66.3 Å². The fraction of sp³-hybridized carbons (Fsp3) is 0.812. The van der Waals surface area contributed by atoms with Gasteiger partial charge in [-0.1, -0.05) is 6.92 Å². The first-order valence-electron chi connectivity index (χ1n) is 8.82. The van der Waals surface area contributed by atoms with Crippen molar-refractivity contribution in [3.8, 4) is 0 Å². The van der Waals surface area contributed by atoms with Crippen LogP contribution in [0.5, 0.6) is 0 Å². The summed E-state index contributed by atoms with van der Waals surface area (Å²) in [5, 5.41) is 7.40. The van der Waals surface area contributed by atoms with Crippen LogP contribution in [0.1, 0.15) is 32.6 Å². The number of likely N-dealkylation sites (tertiary alicyclic amines) is 2. The summed E-state index contributed by atoms with van der Waals surface area (Å²) in [4.78, 5) is 21.1. The average molecular weight is 320 g/mol. The van der Waals surface area contributed by atoms with E-state index in [9.17, 15) is 4.79 Å². The van der Waals surface area contributed by atoms with Crippen LogP contribution < -0.4 is 5.32 Å². The minimum atomic E-state index is 0.172. The van der Waals surface area contributed by atoms with Crippen LogP contribution in [0.4, 0.5) is 0 Å². The van der Waals surface area contributed by atoms with Gasteiger partial charge in [0.2, 0.25) is 5.91 Å². The molecule has 3 rings (SSSR count). The van der Waals surface area contributed by atoms with E-state index in [4.69, 9.17) is 0 Å². The number of hydrogen-bond donors (Lipinski definition) is 1. The third kappa shape index (κ3) is 4.51. The van der Waals surface area contributed by atoms with Gasteiger partial charge in [0.1, 0.15) is 12.7 Å². The van der Waals surface area contributed by atoms with Crippen molar-refractivity contribution in [2.75, 3.05) is 32.7 Å². The van der Waals surface area contributed by atoms with Crippen molar-refractivity contribution in [1.82, 2.24) is 29.9 Å². The molecule has 1 N–H and O–H groups in total. The standard InChI is InChI=1S/C16H28N6O/c1-2-20-8-5-14(6-9-20)19-16(23)11-21-7-3-4-15(21)10-22-13-17-12-18-22/h12-15H,2-11H2,1H3,(H,19,23). The van der Waals surface area contributed by atoms with Gasteiger partial charge in [-0.3, -0.25) is 14.4 Å². The molecule has 1 aromatic heterocycles. The Morgan fingerprint density at radius 3 is 2.78 bits per heavy atom. The normalized spacial score (nSPS) is 24.1. The summed E-state index contributed by atoms with van der Waals surface area (Å²) < 4.78 is 1.86. The number of aromatic nitrogens is 3. The van der Waals surface area contributed by atoms with Crippen LogP contribution in [0.2, 0.25) is 0 Å². The molecule has 1 aromatic rings. The van der Waals surface area contributed by atoms with Crippen LogP contribution in [0.15, 0.2) is 12.7 Å². The number of nitrogens with zero attached hydrogens (tertiary/aromatic N) is 5. The monoisotopic (exact) mass is 320 g/mol. The zero-order chi connectivity index (χ0) is 16.1. The number of amides is 1. The van der Waals surface area contributed by atoms with Gasteiger partial charge < -0.3 is 10.2 Å². The van der Waals surface area contributed by atoms with Crippen LogP contribution >= 0.6 is 0 Å². The summed E-state index contributed by atoms with van der Waals surface area (Å²) in [6, 6.07) is 0.742. The molecule has 7 nitrogen and oxygen atoms in total. The maximum Gasteiger partial charge on any atom is 0.234 e. The van der Waals surface area contributed by atoms with E-state index in [1.807, 2.05) is 4.68 Å². The van der Waals surface area contributed by atoms with Crippen molar-refractivity contribution in [3.63, 3.8) is 0 Å². The molecule has 2 aliphatic rings. The minimum absolute atomic E-state index is 0.172. The summed E-state index contributed by atoms with van der Waals surface area (Å²) in [6.07, 6.45) is 7.74. The quantitative estimate of drug-likeness (QED) is 0.819. The van der Waals surface area contributed by atoms with Gasteiger partial charge in [0.05, 0.1) is 13.1 Å². The molecule has 0 saturated carbocycles. The Kier molecular flexibility index (Phi) is 5.61. The summed E-state index contributed by atoms with van der Waals surface area (Å²) in [7, 11) is 0. The lowest BCUT2D eigenvalue weighted by atomic mass is 10.1. The van der Waals surface area contributed by atoms with Crippen molar-refractivity contribution in [1.29, 1.82) is 0 Å². The molecule has 1 amide bonds. The Hall–Kier alpha value is -1.47. The molecular weight excluding hydrogens is 292 g/mol. The second-order valence-corrected chi connectivity index (χ2v) is 6.66. The highest BCUT2D eigenvalue weighted by Crippen LogP contribution is 2.18. The lowest BCUT2D eigenvalue weighted by molar-refractivity contribution is -0.123. The minimum Gasteiger partial charge on any atom is -0.352 e. The first-order chi connectivity index (χ1) is 11.2. The predicted octanol–water partition coefficient (Wildman–Crippen LogP) is 0.343. The highest BCUT2D eigenvalue weighted by molar-refractivity contribution is 5.78. The molecule has 1 unspecified atom stereocenters. The lowest BCUT2D eigenvalue weighted by Crippen LogP contribution is -2.48. The number of nitrogens with one attached hydrogen (secondary N) is 1. The third-order valence-electron chi connectivity index (χ3n) is 5.11. The summed E-state index contributed by atoms with van der Waals surface area (Å²) in [5.74, 6) is 0.172. The molecule has 0 spiro atoms. The maximum atomic E-state index is 12.4. The van der Waals surface area contributed by atoms with Gasteiger partial charge in [-0.2, -0.15) is 5.10 Å². The molecule has 3 heterocycles. The van der Waals surface area contributed by atoms with Crippen molar-refractivity contribution in [2.24, 2.45) is 0 Å². The van der Waals surface area contributed by atoms with Crippen LogP contribution in [0, 0.1) is 0 Å². The Labute approximate surface area is 138 Å². The Balaban J connectivity index is 1.43. The molecule has 0 aliphatic carbocycles. The summed E-state index contributed by atoms with van der Waals surface area (Å²) >= 11 is 0. The number of hydrogen-bond acceptors (Lipinski definition) is 5. The van der Waals surface area contributed by atoms with E-state index in [0.717, 1.165) is 58.4 Å². The van der Waals surface area contributed by atoms with E-state index in [1.54, 1.807) is 12.7 Å². The SMILES string of the molecule is CCN1CCC(NC(=O)CN2CCCC2Cn2cncn2)CC1. The van der Waals surface area contributed by atoms with Gasteiger partial charge in [0.25, 0.3) is 0 Å². The molecule has 2 fully saturated rings. The van der Waals surface area contributed by atoms with Gasteiger partial charge >= 0.3 is 0 Å². The predicted molar refractivity (Wildman–Crippen MR) is 87.9 cm³/mol. The molecule has 0 aromatic carbocycles. The van der Waals surface area contributed by atoms with Gasteiger partial charge in [0, 0.05) is 25.2 Å². The number of carbonyl (C=O) groups excluding carboxylic acids is 1. The van der Waals surface area contributed by atoms with E-state index in [1.165, 1.54) is 0 Å². The lowest BCUT2D eigenvalue weighted by Gasteiger charge is -2.32. The first-order valence-corrected chi connectivity index (χ1v) is 8.82. The summed E-state index contributed by atoms with van der Waals surface area (Å²) in [6.45, 7) is 7.83. The molecule has 0 radical (unpaired) electrons. The largest absolute Gasteiger partial charge is 0.352 e. The van der Waals surface area contributed by atoms with Crippen LogP contribution in [-0.4, -0.2) is 75.3 Å². The van der Waals surface area contributed by atoms with Gasteiger partial charge in [0.15, 0.2) is 0 Å². The molecule has 7 heteroatoms. The third-order valence-corrected chi connectivity index (χ3v) is 5.11. The fourth-order valence-corrected chi connectivity index (χ4v) is 3.70. The summed E-state index contributed by atoms with van der Waals surface area (Å²) in [5.41, 5.74) is 0. The Bertz CT molecular complexity index is 483. The highest BCUT2D eigenvalue weighted by atomic mass is 16.2. The zero-order valence-corrected chi connectivity index (χ0v) is 14.0. The van der Waals surface area contributed by atoms with E-state index in [-0.39, 0.29) is 5.91 Å².